The average molecular weight is 229 g/mol. The molecule has 82 valence electrons. The molecule has 2 N–H and O–H groups in total. The van der Waals surface area contributed by atoms with E-state index in [4.69, 9.17) is 8.97 Å². The summed E-state index contributed by atoms with van der Waals surface area (Å²) in [5.41, 5.74) is 0.932. The second-order valence-electron chi connectivity index (χ2n) is 3.43. The summed E-state index contributed by atoms with van der Waals surface area (Å²) in [6, 6.07) is 9.67. The molecule has 0 saturated carbocycles. The molecule has 0 spiro atoms. The van der Waals surface area contributed by atoms with Gasteiger partial charge in [-0.1, -0.05) is 30.3 Å². The molecule has 2 rings (SSSR count). The molecule has 1 aliphatic rings. The Kier molecular flexibility index (Phi) is 2.60. The lowest BCUT2D eigenvalue weighted by molar-refractivity contribution is -0.0937. The number of ether oxygens (including phenoxy) is 1. The van der Waals surface area contributed by atoms with E-state index < -0.39 is 20.6 Å². The highest BCUT2D eigenvalue weighted by atomic mass is 31.1. The van der Waals surface area contributed by atoms with E-state index in [1.54, 1.807) is 0 Å². The first kappa shape index (κ1) is 7.75. The van der Waals surface area contributed by atoms with Crippen LogP contribution in [0.1, 0.15) is 19.0 Å². The topological polar surface area (TPSA) is 49.7 Å². The smallest absolute Gasteiger partial charge is 0.213 e. The van der Waals surface area contributed by atoms with Gasteiger partial charge in [0.15, 0.2) is 6.29 Å². The lowest BCUT2D eigenvalue weighted by Crippen LogP contribution is -2.23. The Labute approximate surface area is 94.8 Å². The highest BCUT2D eigenvalue weighted by molar-refractivity contribution is 7.57. The van der Waals surface area contributed by atoms with Gasteiger partial charge < -0.3 is 15.0 Å². The second kappa shape index (κ2) is 5.04. The third-order valence-electron chi connectivity index (χ3n) is 2.44. The molecule has 1 fully saturated rings. The molecule has 0 unspecified atom stereocenters. The third kappa shape index (κ3) is 2.56. The van der Waals surface area contributed by atoms with Crippen molar-refractivity contribution in [2.75, 3.05) is 12.7 Å². The van der Waals surface area contributed by atoms with Crippen LogP contribution in [-0.4, -0.2) is 32.1 Å². The van der Waals surface area contributed by atoms with Gasteiger partial charge in [0.25, 0.3) is 0 Å². The van der Waals surface area contributed by atoms with Crippen LogP contribution in [0.5, 0.6) is 0 Å². The molecule has 0 amide bonds. The fourth-order valence-electron chi connectivity index (χ4n) is 1.67. The average Bonchev–Trinajstić information content (AvgIpc) is 2.40. The van der Waals surface area contributed by atoms with Gasteiger partial charge in [-0.15, -0.1) is 0 Å². The van der Waals surface area contributed by atoms with Crippen LogP contribution >= 0.6 is 7.92 Å². The minimum absolute atomic E-state index is 0.0874. The second-order valence-corrected chi connectivity index (χ2v) is 5.68. The Hall–Kier alpha value is -0.470. The quantitative estimate of drug-likeness (QED) is 0.775. The molecule has 4 heteroatoms. The zero-order chi connectivity index (χ0) is 13.0. The highest BCUT2D eigenvalue weighted by Gasteiger charge is 2.30. The summed E-state index contributed by atoms with van der Waals surface area (Å²) in [6.07, 6.45) is -0.832. The first-order valence-electron chi connectivity index (χ1n) is 6.20. The summed E-state index contributed by atoms with van der Waals surface area (Å²) in [5, 5.41) is 8.92. The van der Waals surface area contributed by atoms with Crippen molar-refractivity contribution in [3.63, 3.8) is 0 Å². The molecule has 1 heterocycles. The molecule has 3 nitrogen and oxygen atoms in total. The SMILES string of the molecule is [2H]OC[P@@]1CO[C@@H](O[2H])[C@@H]([2H])[C@H]1c1ccccc1. The molecule has 1 aromatic rings. The van der Waals surface area contributed by atoms with Crippen LogP contribution < -0.4 is 0 Å². The number of aliphatic hydroxyl groups excluding tert-OH is 2. The van der Waals surface area contributed by atoms with E-state index in [0.29, 0.717) is 6.35 Å². The Bertz CT molecular complexity index is 366. The van der Waals surface area contributed by atoms with Crippen molar-refractivity contribution in [1.82, 2.24) is 0 Å². The van der Waals surface area contributed by atoms with E-state index in [2.05, 4.69) is 10.2 Å². The fraction of sp³-hybridized carbons (Fsp3) is 0.455. The van der Waals surface area contributed by atoms with Gasteiger partial charge in [0.1, 0.15) is 0 Å². The number of hydrogen-bond acceptors (Lipinski definition) is 3. The van der Waals surface area contributed by atoms with Gasteiger partial charge in [0, 0.05) is 13.4 Å². The van der Waals surface area contributed by atoms with E-state index in [9.17, 15) is 0 Å². The molecule has 1 aliphatic heterocycles. The van der Waals surface area contributed by atoms with Gasteiger partial charge in [-0.25, -0.2) is 0 Å². The zero-order valence-electron chi connectivity index (χ0n) is 11.2. The van der Waals surface area contributed by atoms with Gasteiger partial charge in [-0.3, -0.25) is 0 Å². The van der Waals surface area contributed by atoms with E-state index in [-0.39, 0.29) is 12.0 Å². The van der Waals surface area contributed by atoms with Gasteiger partial charge in [0.2, 0.25) is 2.86 Å². The largest absolute Gasteiger partial charge is 0.392 e. The first-order chi connectivity index (χ1) is 8.77. The Morgan fingerprint density at radius 3 is 3.13 bits per heavy atom. The minimum Gasteiger partial charge on any atom is -0.392 e. The number of benzene rings is 1. The maximum Gasteiger partial charge on any atom is 0.213 e. The molecular formula is C11H15O3P. The lowest BCUT2D eigenvalue weighted by Gasteiger charge is -2.33. The van der Waals surface area contributed by atoms with Gasteiger partial charge in [-0.2, -0.15) is 0 Å². The summed E-state index contributed by atoms with van der Waals surface area (Å²) >= 11 is 0. The van der Waals surface area contributed by atoms with Crippen molar-refractivity contribution in [2.24, 2.45) is 0 Å². The Morgan fingerprint density at radius 2 is 2.40 bits per heavy atom. The van der Waals surface area contributed by atoms with Gasteiger partial charge in [-0.05, 0) is 13.5 Å². The molecule has 4 atom stereocenters. The molecule has 0 aliphatic carbocycles. The van der Waals surface area contributed by atoms with Crippen LogP contribution in [0.25, 0.3) is 0 Å². The molecule has 0 aromatic heterocycles. The monoisotopic (exact) mass is 229 g/mol. The Morgan fingerprint density at radius 1 is 1.53 bits per heavy atom. The lowest BCUT2D eigenvalue weighted by atomic mass is 10.1. The van der Waals surface area contributed by atoms with Crippen LogP contribution in [0.2, 0.25) is 0 Å². The Balaban J connectivity index is 2.23. The van der Waals surface area contributed by atoms with E-state index >= 15 is 0 Å². The zero-order valence-corrected chi connectivity index (χ0v) is 9.10. The summed E-state index contributed by atoms with van der Waals surface area (Å²) < 4.78 is 27.3. The molecule has 1 aromatic carbocycles. The van der Waals surface area contributed by atoms with Crippen molar-refractivity contribution in [2.45, 2.75) is 18.3 Å². The summed E-state index contributed by atoms with van der Waals surface area (Å²) in [4.78, 5) is 0. The van der Waals surface area contributed by atoms with Crippen molar-refractivity contribution >= 4 is 7.92 Å². The van der Waals surface area contributed by atoms with Crippen molar-refractivity contribution < 1.29 is 16.3 Å². The first-order valence-corrected chi connectivity index (χ1v) is 6.59. The minimum atomic E-state index is -0.834. The highest BCUT2D eigenvalue weighted by Crippen LogP contribution is 2.55. The van der Waals surface area contributed by atoms with Crippen LogP contribution in [0.15, 0.2) is 30.3 Å². The van der Waals surface area contributed by atoms with Crippen molar-refractivity contribution in [1.29, 1.82) is 2.86 Å². The van der Waals surface area contributed by atoms with Crippen molar-refractivity contribution in [3.8, 4) is 0 Å². The molecule has 0 radical (unpaired) electrons. The molecule has 1 saturated heterocycles. The standard InChI is InChI=1S/C11H15O3P/c12-7-15-8-14-11(13)6-10(15)9-4-2-1-3-5-9/h1-5,10-13H,6-8H2/t10-,11+,15-/m0/s1/i6D,12D,13D/t6-,10-,11+,15-. The fourth-order valence-corrected chi connectivity index (χ4v) is 3.38. The normalized spacial score (nSPS) is 39.1. The van der Waals surface area contributed by atoms with Crippen LogP contribution in [-0.2, 0) is 4.74 Å². The predicted molar refractivity (Wildman–Crippen MR) is 59.8 cm³/mol. The molecular weight excluding hydrogens is 211 g/mol. The predicted octanol–water partition coefficient (Wildman–Crippen LogP) is 1.86. The summed E-state index contributed by atoms with van der Waals surface area (Å²) in [6.45, 7) is 0. The van der Waals surface area contributed by atoms with Crippen molar-refractivity contribution in [3.05, 3.63) is 35.9 Å². The van der Waals surface area contributed by atoms with Gasteiger partial charge in [0.05, 0.1) is 12.7 Å². The van der Waals surface area contributed by atoms with Crippen LogP contribution in [0.3, 0.4) is 0 Å². The third-order valence-corrected chi connectivity index (χ3v) is 4.51. The van der Waals surface area contributed by atoms with Crippen LogP contribution in [0.4, 0.5) is 0 Å². The molecule has 0 bridgehead atoms. The van der Waals surface area contributed by atoms with E-state index in [0.717, 1.165) is 5.56 Å². The van der Waals surface area contributed by atoms with E-state index in [1.165, 1.54) is 0 Å². The summed E-state index contributed by atoms with van der Waals surface area (Å²) in [5.74, 6) is 0. The van der Waals surface area contributed by atoms with E-state index in [1.807, 2.05) is 30.3 Å². The number of hydrogen-bond donors (Lipinski definition) is 2. The number of rotatable bonds is 4. The molecule has 15 heavy (non-hydrogen) atoms. The van der Waals surface area contributed by atoms with Gasteiger partial charge >= 0.3 is 0 Å². The summed E-state index contributed by atoms with van der Waals surface area (Å²) in [7, 11) is -0.766. The van der Waals surface area contributed by atoms with Crippen LogP contribution in [0, 0.1) is 0 Å². The number of aliphatic hydroxyl groups is 2. The maximum absolute atomic E-state index is 8.16. The maximum atomic E-state index is 8.16.